The molecule has 17 atom stereocenters. The van der Waals surface area contributed by atoms with Gasteiger partial charge in [0.25, 0.3) is 0 Å². The maximum Gasteiger partial charge on any atom is 0.190 e. The second-order valence-corrected chi connectivity index (χ2v) is 19.5. The van der Waals surface area contributed by atoms with Crippen molar-refractivity contribution in [2.75, 3.05) is 13.2 Å². The van der Waals surface area contributed by atoms with E-state index in [1.165, 1.54) is 12.2 Å². The Bertz CT molecular complexity index is 1800. The van der Waals surface area contributed by atoms with Gasteiger partial charge in [-0.3, -0.25) is 19.2 Å². The van der Waals surface area contributed by atoms with E-state index < -0.39 is 70.6 Å². The van der Waals surface area contributed by atoms with E-state index in [2.05, 4.69) is 13.8 Å². The van der Waals surface area contributed by atoms with Gasteiger partial charge in [-0.25, -0.2) is 4.39 Å². The Morgan fingerprint density at radius 2 is 1.25 bits per heavy atom. The lowest BCUT2D eigenvalue weighted by molar-refractivity contribution is -0.185. The Labute approximate surface area is 322 Å². The number of carbonyl (C=O) groups excluding carboxylic acids is 4. The molecule has 0 spiro atoms. The number of allylic oxidation sites excluding steroid dienone is 8. The second-order valence-electron chi connectivity index (χ2n) is 19.5. The number of halogens is 1. The van der Waals surface area contributed by atoms with Crippen molar-refractivity contribution < 1.29 is 54.2 Å². The van der Waals surface area contributed by atoms with E-state index in [1.54, 1.807) is 32.1 Å². The fourth-order valence-corrected chi connectivity index (χ4v) is 14.7. The maximum absolute atomic E-state index is 15.2. The van der Waals surface area contributed by atoms with Gasteiger partial charge in [0, 0.05) is 33.5 Å². The van der Waals surface area contributed by atoms with Gasteiger partial charge >= 0.3 is 0 Å². The number of hydrogen-bond donors (Lipinski definition) is 6. The molecule has 0 saturated heterocycles. The maximum atomic E-state index is 15.2. The number of rotatable bonds is 4. The second kappa shape index (κ2) is 13.2. The lowest BCUT2D eigenvalue weighted by Gasteiger charge is -2.60. The molecule has 0 unspecified atom stereocenters. The molecule has 0 radical (unpaired) electrons. The summed E-state index contributed by atoms with van der Waals surface area (Å²) in [6.45, 7) is 10.2. The number of aliphatic hydroxyl groups excluding tert-OH is 4. The van der Waals surface area contributed by atoms with Crippen molar-refractivity contribution in [3.8, 4) is 0 Å². The lowest BCUT2D eigenvalue weighted by atomic mass is 9.45. The van der Waals surface area contributed by atoms with E-state index in [0.29, 0.717) is 24.8 Å². The number of fused-ring (bicyclic) bond motifs is 10. The molecule has 0 aromatic carbocycles. The Kier molecular flexibility index (Phi) is 9.71. The molecule has 0 bridgehead atoms. The van der Waals surface area contributed by atoms with Crippen molar-refractivity contribution in [2.24, 2.45) is 69.0 Å². The van der Waals surface area contributed by atoms with Gasteiger partial charge in [0.1, 0.15) is 30.6 Å². The minimum absolute atomic E-state index is 0.00620. The summed E-state index contributed by atoms with van der Waals surface area (Å²) in [5.41, 5.74) is -4.59. The van der Waals surface area contributed by atoms with Crippen LogP contribution in [0.3, 0.4) is 0 Å². The molecule has 6 saturated carbocycles. The van der Waals surface area contributed by atoms with E-state index in [9.17, 15) is 49.8 Å². The van der Waals surface area contributed by atoms with E-state index in [1.807, 2.05) is 19.9 Å². The molecule has 0 heterocycles. The average molecular weight is 767 g/mol. The molecule has 0 aliphatic heterocycles. The number of ketones is 4. The molecule has 302 valence electrons. The van der Waals surface area contributed by atoms with Crippen LogP contribution in [0.4, 0.5) is 4.39 Å². The molecule has 8 aliphatic carbocycles. The molecule has 10 nitrogen and oxygen atoms in total. The largest absolute Gasteiger partial charge is 0.393 e. The molecule has 8 rings (SSSR count). The molecular weight excluding hydrogens is 707 g/mol. The highest BCUT2D eigenvalue weighted by atomic mass is 19.1. The number of carbonyl (C=O) groups is 4. The quantitative estimate of drug-likeness (QED) is 0.247. The van der Waals surface area contributed by atoms with E-state index in [4.69, 9.17) is 0 Å². The van der Waals surface area contributed by atoms with Gasteiger partial charge in [-0.15, -0.1) is 0 Å². The SMILES string of the molecule is C[C@@H]1C[C@H]2[C@@H]3C[C@H](F)C4=CC(=O)C=C[C@]4(C)[C@H]3[C@@H](O)C[C@]2(C)[C@@]1(O)C(=O)CO.C[C@H]1C[C@@H]2[C@H]([C@@H](O)C[C@@]3(C)[C@H]2CC[C@]3(O)C(=O)CO)[C@@]2(C)C=CC(=O)C=C12. The Hall–Kier alpha value is -2.67. The zero-order valence-electron chi connectivity index (χ0n) is 32.9. The van der Waals surface area contributed by atoms with Crippen molar-refractivity contribution in [2.45, 2.75) is 116 Å². The molecule has 55 heavy (non-hydrogen) atoms. The normalized spacial score (nSPS) is 51.9. The van der Waals surface area contributed by atoms with Gasteiger partial charge < -0.3 is 30.6 Å². The number of hydrogen-bond acceptors (Lipinski definition) is 10. The van der Waals surface area contributed by atoms with Gasteiger partial charge in [-0.1, -0.05) is 59.3 Å². The van der Waals surface area contributed by atoms with Crippen LogP contribution in [0.1, 0.15) is 86.5 Å². The first-order valence-corrected chi connectivity index (χ1v) is 20.2. The van der Waals surface area contributed by atoms with Crippen LogP contribution in [0.5, 0.6) is 0 Å². The summed E-state index contributed by atoms with van der Waals surface area (Å²) in [5.74, 6) is -2.00. The van der Waals surface area contributed by atoms with Crippen LogP contribution in [-0.2, 0) is 19.2 Å². The van der Waals surface area contributed by atoms with Crippen molar-refractivity contribution in [1.29, 1.82) is 0 Å². The first-order valence-electron chi connectivity index (χ1n) is 20.2. The zero-order chi connectivity index (χ0) is 40.4. The first-order chi connectivity index (χ1) is 25.6. The fraction of sp³-hybridized carbons (Fsp3) is 0.727. The van der Waals surface area contributed by atoms with Crippen LogP contribution in [0, 0.1) is 69.0 Å². The molecular formula is C44H59FO10. The van der Waals surface area contributed by atoms with Crippen molar-refractivity contribution in [3.05, 3.63) is 47.6 Å². The average Bonchev–Trinajstić information content (AvgIpc) is 3.51. The monoisotopic (exact) mass is 766 g/mol. The third-order valence-corrected chi connectivity index (χ3v) is 17.2. The smallest absolute Gasteiger partial charge is 0.190 e. The minimum Gasteiger partial charge on any atom is -0.393 e. The van der Waals surface area contributed by atoms with Gasteiger partial charge in [0.15, 0.2) is 23.1 Å². The summed E-state index contributed by atoms with van der Waals surface area (Å²) < 4.78 is 15.2. The predicted molar refractivity (Wildman–Crippen MR) is 199 cm³/mol. The molecule has 11 heteroatoms. The first kappa shape index (κ1) is 40.5. The Balaban J connectivity index is 0.000000169. The molecule has 0 aromatic rings. The van der Waals surface area contributed by atoms with Crippen molar-refractivity contribution in [1.82, 2.24) is 0 Å². The minimum atomic E-state index is -1.74. The van der Waals surface area contributed by atoms with Crippen LogP contribution in [-0.4, -0.2) is 96.6 Å². The summed E-state index contributed by atoms with van der Waals surface area (Å²) in [6, 6.07) is 0. The van der Waals surface area contributed by atoms with Crippen LogP contribution < -0.4 is 0 Å². The standard InChI is InChI=1S/C22H29FO5.C22H30O5/c1-11-6-14-13-8-16(23)15-7-12(25)4-5-20(15,2)19(13)17(26)9-21(14,3)22(11,28)18(27)10-24;1-12-8-14-15-5-7-22(27,18(26)11-23)21(15,3)10-17(25)19(14)20(2)6-4-13(24)9-16(12)20/h4-5,7,11,13-14,16-17,19,24,26,28H,6,8-10H2,1-3H3;4,6,9,12,14-15,17,19,23,25,27H,5,7-8,10-11H2,1-3H3/t11-,13+,14+,16+,17+,19-,20+,21+,22+;12-,14-,15-,17-,19+,20-,21-,22-/m10/s1. The van der Waals surface area contributed by atoms with E-state index in [0.717, 1.165) is 18.4 Å². The molecule has 6 N–H and O–H groups in total. The summed E-state index contributed by atoms with van der Waals surface area (Å²) in [7, 11) is 0. The highest BCUT2D eigenvalue weighted by Crippen LogP contribution is 2.70. The highest BCUT2D eigenvalue weighted by Gasteiger charge is 2.72. The molecule has 6 fully saturated rings. The number of alkyl halides is 1. The lowest BCUT2D eigenvalue weighted by Crippen LogP contribution is -2.63. The van der Waals surface area contributed by atoms with Gasteiger partial charge in [-0.2, -0.15) is 0 Å². The van der Waals surface area contributed by atoms with Gasteiger partial charge in [0.05, 0.1) is 12.2 Å². The summed E-state index contributed by atoms with van der Waals surface area (Å²) in [5, 5.41) is 63.9. The third-order valence-electron chi connectivity index (χ3n) is 17.2. The molecule has 0 amide bonds. The van der Waals surface area contributed by atoms with E-state index in [-0.39, 0.29) is 77.2 Å². The van der Waals surface area contributed by atoms with Crippen LogP contribution in [0.25, 0.3) is 0 Å². The van der Waals surface area contributed by atoms with Crippen molar-refractivity contribution in [3.63, 3.8) is 0 Å². The predicted octanol–water partition coefficient (Wildman–Crippen LogP) is 3.56. The number of aliphatic hydroxyl groups is 6. The topological polar surface area (TPSA) is 190 Å². The summed E-state index contributed by atoms with van der Waals surface area (Å²) in [6.07, 6.45) is 10.2. The summed E-state index contributed by atoms with van der Waals surface area (Å²) >= 11 is 0. The Morgan fingerprint density at radius 1 is 0.745 bits per heavy atom. The molecule has 8 aliphatic rings. The van der Waals surface area contributed by atoms with Crippen LogP contribution in [0.2, 0.25) is 0 Å². The van der Waals surface area contributed by atoms with Crippen LogP contribution >= 0.6 is 0 Å². The summed E-state index contributed by atoms with van der Waals surface area (Å²) in [4.78, 5) is 48.8. The van der Waals surface area contributed by atoms with Gasteiger partial charge in [-0.05, 0) is 110 Å². The van der Waals surface area contributed by atoms with E-state index >= 15 is 4.39 Å². The zero-order valence-corrected chi connectivity index (χ0v) is 32.9. The van der Waals surface area contributed by atoms with Crippen molar-refractivity contribution >= 4 is 23.1 Å². The van der Waals surface area contributed by atoms with Crippen LogP contribution in [0.15, 0.2) is 47.6 Å². The molecule has 0 aromatic heterocycles. The highest BCUT2D eigenvalue weighted by molar-refractivity contribution is 6.02. The van der Waals surface area contributed by atoms with Gasteiger partial charge in [0.2, 0.25) is 0 Å². The fourth-order valence-electron chi connectivity index (χ4n) is 14.7. The third kappa shape index (κ3) is 5.31. The Morgan fingerprint density at radius 3 is 1.82 bits per heavy atom. The number of Topliss-reactive ketones (excluding diaryl/α,β-unsaturated/α-hetero) is 2.